The zero-order chi connectivity index (χ0) is 22.9. The molecule has 2 aliphatic rings. The van der Waals surface area contributed by atoms with Crippen LogP contribution < -0.4 is 4.90 Å². The summed E-state index contributed by atoms with van der Waals surface area (Å²) in [5, 5.41) is 2.65. The Kier molecular flexibility index (Phi) is 6.14. The molecular formula is C24H22ClFN4O2S. The first-order chi connectivity index (χ1) is 16.0. The van der Waals surface area contributed by atoms with Crippen molar-refractivity contribution in [2.45, 2.75) is 12.5 Å². The predicted octanol–water partition coefficient (Wildman–Crippen LogP) is 4.17. The van der Waals surface area contributed by atoms with Crippen LogP contribution in [-0.2, 0) is 4.79 Å². The number of amides is 2. The fourth-order valence-corrected chi connectivity index (χ4v) is 5.41. The van der Waals surface area contributed by atoms with Crippen molar-refractivity contribution in [2.75, 3.05) is 37.6 Å². The Morgan fingerprint density at radius 3 is 2.64 bits per heavy atom. The van der Waals surface area contributed by atoms with Crippen LogP contribution in [0.5, 0.6) is 0 Å². The van der Waals surface area contributed by atoms with Crippen LogP contribution in [0.2, 0.25) is 5.02 Å². The van der Waals surface area contributed by atoms with Gasteiger partial charge in [-0.25, -0.2) is 9.37 Å². The summed E-state index contributed by atoms with van der Waals surface area (Å²) in [6.07, 6.45) is 2.06. The van der Waals surface area contributed by atoms with Crippen LogP contribution in [0.1, 0.15) is 16.2 Å². The lowest BCUT2D eigenvalue weighted by Crippen LogP contribution is -2.52. The molecule has 1 unspecified atom stereocenters. The van der Waals surface area contributed by atoms with Gasteiger partial charge in [-0.05, 0) is 29.8 Å². The highest BCUT2D eigenvalue weighted by Crippen LogP contribution is 2.34. The second kappa shape index (κ2) is 9.21. The minimum atomic E-state index is -0.393. The highest BCUT2D eigenvalue weighted by Gasteiger charge is 2.36. The Balaban J connectivity index is 1.27. The van der Waals surface area contributed by atoms with Gasteiger partial charge in [0, 0.05) is 68.0 Å². The Morgan fingerprint density at radius 1 is 1.12 bits per heavy atom. The molecule has 3 aromatic rings. The first-order valence-electron chi connectivity index (χ1n) is 10.8. The average Bonchev–Trinajstić information content (AvgIpc) is 3.49. The maximum absolute atomic E-state index is 14.4. The first kappa shape index (κ1) is 22.0. The van der Waals surface area contributed by atoms with Gasteiger partial charge in [-0.15, -0.1) is 11.3 Å². The lowest BCUT2D eigenvalue weighted by Gasteiger charge is -2.37. The maximum Gasteiger partial charge on any atom is 0.282 e. The molecule has 1 atom stereocenters. The molecule has 2 aromatic carbocycles. The molecule has 2 amide bonds. The highest BCUT2D eigenvalue weighted by atomic mass is 35.5. The number of rotatable bonds is 4. The molecule has 6 nitrogen and oxygen atoms in total. The van der Waals surface area contributed by atoms with Crippen LogP contribution in [0.4, 0.5) is 10.1 Å². The Labute approximate surface area is 200 Å². The van der Waals surface area contributed by atoms with Crippen molar-refractivity contribution < 1.29 is 14.0 Å². The van der Waals surface area contributed by atoms with Crippen molar-refractivity contribution in [1.29, 1.82) is 0 Å². The molecule has 2 saturated heterocycles. The van der Waals surface area contributed by atoms with Crippen molar-refractivity contribution in [1.82, 2.24) is 14.8 Å². The number of benzene rings is 2. The molecule has 5 rings (SSSR count). The van der Waals surface area contributed by atoms with Gasteiger partial charge < -0.3 is 9.80 Å². The predicted molar refractivity (Wildman–Crippen MR) is 127 cm³/mol. The normalized spacial score (nSPS) is 19.3. The van der Waals surface area contributed by atoms with Crippen molar-refractivity contribution in [3.05, 3.63) is 69.9 Å². The smallest absolute Gasteiger partial charge is 0.282 e. The van der Waals surface area contributed by atoms with E-state index in [1.165, 1.54) is 17.4 Å². The van der Waals surface area contributed by atoms with Crippen LogP contribution in [0.25, 0.3) is 11.1 Å². The van der Waals surface area contributed by atoms with E-state index in [9.17, 15) is 14.0 Å². The van der Waals surface area contributed by atoms with E-state index in [1.807, 2.05) is 23.1 Å². The van der Waals surface area contributed by atoms with Gasteiger partial charge >= 0.3 is 0 Å². The van der Waals surface area contributed by atoms with Gasteiger partial charge in [-0.3, -0.25) is 14.5 Å². The Bertz CT molecular complexity index is 1160. The number of carbonyl (C=O) groups excluding carboxylic acids is 2. The average molecular weight is 485 g/mol. The minimum Gasteiger partial charge on any atom is -0.334 e. The second-order valence-corrected chi connectivity index (χ2v) is 9.48. The van der Waals surface area contributed by atoms with E-state index >= 15 is 0 Å². The third kappa shape index (κ3) is 4.38. The summed E-state index contributed by atoms with van der Waals surface area (Å²) in [6, 6.07) is 12.0. The SMILES string of the molecule is O=C(c1nccs1)N1CCN(C2CC(=O)N(c3cccc(-c4c(F)cccc4Cl)c3)C2)CC1. The van der Waals surface area contributed by atoms with Crippen LogP contribution in [-0.4, -0.2) is 65.4 Å². The molecular weight excluding hydrogens is 463 g/mol. The molecule has 2 fully saturated rings. The lowest BCUT2D eigenvalue weighted by molar-refractivity contribution is -0.117. The van der Waals surface area contributed by atoms with Gasteiger partial charge in [0.2, 0.25) is 5.91 Å². The summed E-state index contributed by atoms with van der Waals surface area (Å²) in [4.78, 5) is 35.4. The molecule has 2 aliphatic heterocycles. The summed E-state index contributed by atoms with van der Waals surface area (Å²) in [6.45, 7) is 3.23. The number of piperazine rings is 1. The van der Waals surface area contributed by atoms with E-state index in [-0.39, 0.29) is 17.9 Å². The molecule has 1 aromatic heterocycles. The van der Waals surface area contributed by atoms with Crippen molar-refractivity contribution >= 4 is 40.4 Å². The molecule has 3 heterocycles. The maximum atomic E-state index is 14.4. The van der Waals surface area contributed by atoms with Gasteiger partial charge in [-0.1, -0.05) is 29.8 Å². The molecule has 0 spiro atoms. The zero-order valence-corrected chi connectivity index (χ0v) is 19.4. The van der Waals surface area contributed by atoms with E-state index in [2.05, 4.69) is 9.88 Å². The number of anilines is 1. The van der Waals surface area contributed by atoms with Crippen LogP contribution in [0.15, 0.2) is 54.0 Å². The molecule has 0 saturated carbocycles. The number of hydrogen-bond donors (Lipinski definition) is 0. The molecule has 9 heteroatoms. The largest absolute Gasteiger partial charge is 0.334 e. The van der Waals surface area contributed by atoms with Crippen molar-refractivity contribution in [3.8, 4) is 11.1 Å². The van der Waals surface area contributed by atoms with E-state index in [0.29, 0.717) is 60.3 Å². The molecule has 0 radical (unpaired) electrons. The Morgan fingerprint density at radius 2 is 1.91 bits per heavy atom. The van der Waals surface area contributed by atoms with Crippen molar-refractivity contribution in [3.63, 3.8) is 0 Å². The molecule has 0 N–H and O–H groups in total. The molecule has 33 heavy (non-hydrogen) atoms. The van der Waals surface area contributed by atoms with E-state index < -0.39 is 5.82 Å². The number of aromatic nitrogens is 1. The summed E-state index contributed by atoms with van der Waals surface area (Å²) < 4.78 is 14.4. The van der Waals surface area contributed by atoms with Gasteiger partial charge in [-0.2, -0.15) is 0 Å². The van der Waals surface area contributed by atoms with Crippen LogP contribution in [0, 0.1) is 5.82 Å². The number of thiazole rings is 1. The van der Waals surface area contributed by atoms with Gasteiger partial charge in [0.25, 0.3) is 5.91 Å². The molecule has 170 valence electrons. The quantitative estimate of drug-likeness (QED) is 0.558. The third-order valence-corrected chi connectivity index (χ3v) is 7.32. The lowest BCUT2D eigenvalue weighted by atomic mass is 10.0. The number of hydrogen-bond acceptors (Lipinski definition) is 5. The standard InChI is InChI=1S/C24H22ClFN4O2S/c25-19-5-2-6-20(26)22(19)16-3-1-4-17(13-16)30-15-18(14-21(30)31)28-8-10-29(11-9-28)24(32)23-27-7-12-33-23/h1-7,12-13,18H,8-11,14-15H2. The molecule has 0 bridgehead atoms. The van der Waals surface area contributed by atoms with Gasteiger partial charge in [0.05, 0.1) is 5.02 Å². The minimum absolute atomic E-state index is 0.0302. The fraction of sp³-hybridized carbons (Fsp3) is 0.292. The highest BCUT2D eigenvalue weighted by molar-refractivity contribution is 7.11. The summed E-state index contributed by atoms with van der Waals surface area (Å²) in [7, 11) is 0. The number of halogens is 2. The van der Waals surface area contributed by atoms with Crippen LogP contribution in [0.3, 0.4) is 0 Å². The van der Waals surface area contributed by atoms with E-state index in [0.717, 1.165) is 5.69 Å². The Hall–Kier alpha value is -2.81. The first-order valence-corrected chi connectivity index (χ1v) is 12.0. The summed E-state index contributed by atoms with van der Waals surface area (Å²) in [5.74, 6) is -0.383. The van der Waals surface area contributed by atoms with Gasteiger partial charge in [0.1, 0.15) is 5.82 Å². The monoisotopic (exact) mass is 484 g/mol. The van der Waals surface area contributed by atoms with Crippen LogP contribution >= 0.6 is 22.9 Å². The zero-order valence-electron chi connectivity index (χ0n) is 17.8. The van der Waals surface area contributed by atoms with E-state index in [1.54, 1.807) is 34.7 Å². The number of carbonyl (C=O) groups is 2. The van der Waals surface area contributed by atoms with E-state index in [4.69, 9.17) is 11.6 Å². The summed E-state index contributed by atoms with van der Waals surface area (Å²) in [5.41, 5.74) is 1.71. The fourth-order valence-electron chi connectivity index (χ4n) is 4.54. The third-order valence-electron chi connectivity index (χ3n) is 6.25. The molecule has 0 aliphatic carbocycles. The topological polar surface area (TPSA) is 56.8 Å². The summed E-state index contributed by atoms with van der Waals surface area (Å²) >= 11 is 7.59. The van der Waals surface area contributed by atoms with Gasteiger partial charge in [0.15, 0.2) is 5.01 Å². The second-order valence-electron chi connectivity index (χ2n) is 8.17. The van der Waals surface area contributed by atoms with Crippen molar-refractivity contribution in [2.24, 2.45) is 0 Å². The number of nitrogens with zero attached hydrogens (tertiary/aromatic N) is 4.